The summed E-state index contributed by atoms with van der Waals surface area (Å²) in [6, 6.07) is 0. The Kier molecular flexibility index (Phi) is 3.90. The second-order valence-corrected chi connectivity index (χ2v) is 6.07. The minimum Gasteiger partial charge on any atom is -0.481 e. The van der Waals surface area contributed by atoms with Crippen molar-refractivity contribution in [1.29, 1.82) is 0 Å². The predicted octanol–water partition coefficient (Wildman–Crippen LogP) is 3.94. The molecule has 0 saturated heterocycles. The molecule has 1 N–H and O–H groups in total. The van der Waals surface area contributed by atoms with Gasteiger partial charge in [-0.25, -0.2) is 0 Å². The monoisotopic (exact) mass is 312 g/mol. The minimum atomic E-state index is -0.762. The number of carbonyl (C=O) groups is 1. The molecule has 0 aliphatic heterocycles. The average molecular weight is 314 g/mol. The normalized spacial score (nSPS) is 28.5. The summed E-state index contributed by atoms with van der Waals surface area (Å²) in [7, 11) is 0. The topological polar surface area (TPSA) is 37.3 Å². The molecule has 84 valence electrons. The Bertz CT molecular complexity index is 343. The minimum absolute atomic E-state index is 0.0216. The third kappa shape index (κ3) is 2.99. The molecule has 0 radical (unpaired) electrons. The van der Waals surface area contributed by atoms with Crippen molar-refractivity contribution in [3.05, 3.63) is 21.1 Å². The van der Waals surface area contributed by atoms with Crippen LogP contribution in [0.5, 0.6) is 0 Å². The maximum absolute atomic E-state index is 10.9. The van der Waals surface area contributed by atoms with Gasteiger partial charge in [0.25, 0.3) is 0 Å². The number of hydrogen-bond acceptors (Lipinski definition) is 1. The molecule has 0 aromatic rings. The zero-order valence-electron chi connectivity index (χ0n) is 8.30. The summed E-state index contributed by atoms with van der Waals surface area (Å²) in [6.45, 7) is 3.86. The molecule has 5 heteroatoms. The highest BCUT2D eigenvalue weighted by Crippen LogP contribution is 2.59. The summed E-state index contributed by atoms with van der Waals surface area (Å²) in [5.74, 6) is -1.07. The van der Waals surface area contributed by atoms with E-state index in [0.29, 0.717) is 4.48 Å². The summed E-state index contributed by atoms with van der Waals surface area (Å²) in [4.78, 5) is 10.9. The second-order valence-electron chi connectivity index (χ2n) is 4.15. The zero-order chi connectivity index (χ0) is 11.8. The van der Waals surface area contributed by atoms with Gasteiger partial charge in [0.2, 0.25) is 0 Å². The van der Waals surface area contributed by atoms with Crippen LogP contribution in [-0.4, -0.2) is 11.1 Å². The Morgan fingerprint density at radius 3 is 2.33 bits per heavy atom. The maximum atomic E-state index is 10.9. The molecule has 0 bridgehead atoms. The van der Waals surface area contributed by atoms with Gasteiger partial charge in [-0.15, -0.1) is 0 Å². The van der Waals surface area contributed by atoms with Gasteiger partial charge in [0.15, 0.2) is 0 Å². The lowest BCUT2D eigenvalue weighted by Crippen LogP contribution is -2.02. The SMILES string of the molecule is CC1(C)C(/C=C(/Br)C=C(Cl)Cl)C1C(=O)O. The maximum Gasteiger partial charge on any atom is 0.307 e. The van der Waals surface area contributed by atoms with Gasteiger partial charge in [-0.1, -0.05) is 59.1 Å². The molecular formula is C10H11BrCl2O2. The van der Waals surface area contributed by atoms with E-state index in [1.807, 2.05) is 19.9 Å². The standard InChI is InChI=1S/C10H11BrCl2O2/c1-10(2)6(8(10)9(14)15)3-5(11)4-7(12)13/h3-4,6,8H,1-2H3,(H,14,15)/b5-3+. The van der Waals surface area contributed by atoms with Crippen molar-refractivity contribution in [2.75, 3.05) is 0 Å². The summed E-state index contributed by atoms with van der Waals surface area (Å²) in [5.41, 5.74) is -0.197. The summed E-state index contributed by atoms with van der Waals surface area (Å²) < 4.78 is 0.854. The third-order valence-corrected chi connectivity index (χ3v) is 3.47. The molecule has 1 aliphatic carbocycles. The Balaban J connectivity index is 2.78. The first-order valence-electron chi connectivity index (χ1n) is 4.39. The van der Waals surface area contributed by atoms with Crippen molar-refractivity contribution in [3.8, 4) is 0 Å². The Morgan fingerprint density at radius 2 is 2.00 bits per heavy atom. The second kappa shape index (κ2) is 4.48. The number of halogens is 3. The third-order valence-electron chi connectivity index (χ3n) is 2.76. The zero-order valence-corrected chi connectivity index (χ0v) is 11.4. The van der Waals surface area contributed by atoms with Crippen molar-refractivity contribution >= 4 is 45.1 Å². The molecule has 0 aromatic heterocycles. The van der Waals surface area contributed by atoms with Crippen LogP contribution in [-0.2, 0) is 4.79 Å². The fourth-order valence-corrected chi connectivity index (χ4v) is 2.80. The summed E-state index contributed by atoms with van der Waals surface area (Å²) in [6.07, 6.45) is 3.37. The summed E-state index contributed by atoms with van der Waals surface area (Å²) >= 11 is 14.2. The largest absolute Gasteiger partial charge is 0.481 e. The van der Waals surface area contributed by atoms with Crippen molar-refractivity contribution in [2.45, 2.75) is 13.8 Å². The van der Waals surface area contributed by atoms with Gasteiger partial charge < -0.3 is 5.11 Å². The number of carboxylic acid groups (broad SMARTS) is 1. The van der Waals surface area contributed by atoms with Crippen LogP contribution in [0.2, 0.25) is 0 Å². The van der Waals surface area contributed by atoms with Crippen LogP contribution in [0.3, 0.4) is 0 Å². The molecule has 2 atom stereocenters. The number of allylic oxidation sites excluding steroid dienone is 3. The summed E-state index contributed by atoms with van der Waals surface area (Å²) in [5, 5.41) is 8.94. The average Bonchev–Trinajstić information content (AvgIpc) is 2.50. The van der Waals surface area contributed by atoms with Crippen LogP contribution in [0.1, 0.15) is 13.8 Å². The van der Waals surface area contributed by atoms with Crippen molar-refractivity contribution in [3.63, 3.8) is 0 Å². The van der Waals surface area contributed by atoms with Crippen LogP contribution in [0.4, 0.5) is 0 Å². The van der Waals surface area contributed by atoms with E-state index in [0.717, 1.165) is 0 Å². The fraction of sp³-hybridized carbons (Fsp3) is 0.500. The van der Waals surface area contributed by atoms with Gasteiger partial charge in [0.1, 0.15) is 4.49 Å². The molecule has 15 heavy (non-hydrogen) atoms. The van der Waals surface area contributed by atoms with Gasteiger partial charge in [-0.2, -0.15) is 0 Å². The van der Waals surface area contributed by atoms with E-state index in [1.165, 1.54) is 6.08 Å². The van der Waals surface area contributed by atoms with E-state index in [2.05, 4.69) is 15.9 Å². The molecule has 0 aromatic carbocycles. The van der Waals surface area contributed by atoms with Gasteiger partial charge in [0, 0.05) is 4.48 Å². The first-order valence-corrected chi connectivity index (χ1v) is 5.94. The quantitative estimate of drug-likeness (QED) is 0.801. The highest BCUT2D eigenvalue weighted by atomic mass is 79.9. The number of hydrogen-bond donors (Lipinski definition) is 1. The van der Waals surface area contributed by atoms with Gasteiger partial charge in [0.05, 0.1) is 5.92 Å². The Labute approximate surface area is 107 Å². The van der Waals surface area contributed by atoms with E-state index in [1.54, 1.807) is 0 Å². The molecule has 2 nitrogen and oxygen atoms in total. The molecule has 1 aliphatic rings. The number of aliphatic carboxylic acids is 1. The van der Waals surface area contributed by atoms with E-state index >= 15 is 0 Å². The first-order chi connectivity index (χ1) is 6.76. The highest BCUT2D eigenvalue weighted by molar-refractivity contribution is 9.11. The number of rotatable bonds is 3. The van der Waals surface area contributed by atoms with Gasteiger partial charge in [-0.3, -0.25) is 4.79 Å². The van der Waals surface area contributed by atoms with E-state index in [4.69, 9.17) is 28.3 Å². The van der Waals surface area contributed by atoms with Crippen molar-refractivity contribution in [2.24, 2.45) is 17.3 Å². The Morgan fingerprint density at radius 1 is 1.47 bits per heavy atom. The van der Waals surface area contributed by atoms with Crippen LogP contribution < -0.4 is 0 Å². The van der Waals surface area contributed by atoms with E-state index in [-0.39, 0.29) is 21.7 Å². The lowest BCUT2D eigenvalue weighted by atomic mass is 10.1. The number of carboxylic acids is 1. The smallest absolute Gasteiger partial charge is 0.307 e. The van der Waals surface area contributed by atoms with Gasteiger partial charge >= 0.3 is 5.97 Å². The molecule has 1 rings (SSSR count). The first kappa shape index (κ1) is 13.1. The lowest BCUT2D eigenvalue weighted by Gasteiger charge is -1.97. The van der Waals surface area contributed by atoms with Crippen molar-refractivity contribution < 1.29 is 9.90 Å². The molecule has 1 saturated carbocycles. The van der Waals surface area contributed by atoms with Crippen LogP contribution in [0, 0.1) is 17.3 Å². The highest BCUT2D eigenvalue weighted by Gasteiger charge is 2.60. The predicted molar refractivity (Wildman–Crippen MR) is 65.2 cm³/mol. The van der Waals surface area contributed by atoms with Crippen LogP contribution in [0.25, 0.3) is 0 Å². The Hall–Kier alpha value is 0.01000. The van der Waals surface area contributed by atoms with E-state index in [9.17, 15) is 4.79 Å². The van der Waals surface area contributed by atoms with Gasteiger partial charge in [-0.05, 0) is 17.4 Å². The molecule has 2 unspecified atom stereocenters. The van der Waals surface area contributed by atoms with E-state index < -0.39 is 5.97 Å². The molecular weight excluding hydrogens is 303 g/mol. The fourth-order valence-electron chi connectivity index (χ4n) is 1.78. The molecule has 1 fully saturated rings. The lowest BCUT2D eigenvalue weighted by molar-refractivity contribution is -0.139. The molecule has 0 amide bonds. The molecule has 0 spiro atoms. The van der Waals surface area contributed by atoms with Crippen LogP contribution >= 0.6 is 39.1 Å². The van der Waals surface area contributed by atoms with Crippen molar-refractivity contribution in [1.82, 2.24) is 0 Å². The molecule has 0 heterocycles. The van der Waals surface area contributed by atoms with Crippen LogP contribution in [0.15, 0.2) is 21.1 Å².